The molecule has 0 atom stereocenters. The van der Waals surface area contributed by atoms with E-state index >= 15 is 0 Å². The van der Waals surface area contributed by atoms with Crippen LogP contribution in [-0.2, 0) is 4.79 Å². The molecule has 3 aromatic carbocycles. The second-order valence-electron chi connectivity index (χ2n) is 7.72. The van der Waals surface area contributed by atoms with Crippen molar-refractivity contribution in [2.75, 3.05) is 11.9 Å². The Morgan fingerprint density at radius 1 is 1.00 bits per heavy atom. The van der Waals surface area contributed by atoms with Crippen molar-refractivity contribution in [3.05, 3.63) is 86.3 Å². The van der Waals surface area contributed by atoms with Gasteiger partial charge < -0.3 is 14.8 Å². The van der Waals surface area contributed by atoms with Gasteiger partial charge in [0.15, 0.2) is 0 Å². The molecular formula is C26H25BrClNO4. The molecule has 0 fully saturated rings. The predicted molar refractivity (Wildman–Crippen MR) is 135 cm³/mol. The number of rotatable bonds is 8. The molecule has 0 spiro atoms. The van der Waals surface area contributed by atoms with Crippen LogP contribution in [0.15, 0.2) is 59.1 Å². The average Bonchev–Trinajstić information content (AvgIpc) is 2.80. The molecule has 0 bridgehead atoms. The monoisotopic (exact) mass is 529 g/mol. The van der Waals surface area contributed by atoms with Crippen LogP contribution < -0.4 is 14.8 Å². The number of benzene rings is 3. The Hall–Kier alpha value is -2.83. The van der Waals surface area contributed by atoms with Crippen LogP contribution >= 0.6 is 27.5 Å². The number of anilines is 1. The summed E-state index contributed by atoms with van der Waals surface area (Å²) in [5.41, 5.74) is 4.17. The molecule has 0 aliphatic heterocycles. The fourth-order valence-corrected chi connectivity index (χ4v) is 3.79. The van der Waals surface area contributed by atoms with E-state index in [4.69, 9.17) is 21.1 Å². The summed E-state index contributed by atoms with van der Waals surface area (Å²) in [6.45, 7) is 6.19. The first kappa shape index (κ1) is 24.8. The van der Waals surface area contributed by atoms with Crippen molar-refractivity contribution in [2.24, 2.45) is 0 Å². The minimum absolute atomic E-state index is 0.207. The number of hydrogen-bond acceptors (Lipinski definition) is 4. The van der Waals surface area contributed by atoms with Gasteiger partial charge >= 0.3 is 5.97 Å². The maximum Gasteiger partial charge on any atom is 0.311 e. The molecule has 0 heterocycles. The van der Waals surface area contributed by atoms with Gasteiger partial charge in [-0.25, -0.2) is 0 Å². The number of esters is 1. The van der Waals surface area contributed by atoms with Crippen LogP contribution in [0.3, 0.4) is 0 Å². The average molecular weight is 531 g/mol. The topological polar surface area (TPSA) is 64.6 Å². The lowest BCUT2D eigenvalue weighted by Gasteiger charge is -2.13. The highest BCUT2D eigenvalue weighted by atomic mass is 79.9. The molecule has 33 heavy (non-hydrogen) atoms. The van der Waals surface area contributed by atoms with Gasteiger partial charge in [0.1, 0.15) is 11.5 Å². The quantitative estimate of drug-likeness (QED) is 0.193. The Morgan fingerprint density at radius 3 is 2.33 bits per heavy atom. The molecule has 0 saturated carbocycles. The number of hydrogen-bond donors (Lipinski definition) is 1. The molecule has 1 amide bonds. The molecular weight excluding hydrogens is 506 g/mol. The molecule has 1 N–H and O–H groups in total. The van der Waals surface area contributed by atoms with Crippen molar-refractivity contribution >= 4 is 45.1 Å². The third-order valence-electron chi connectivity index (χ3n) is 5.01. The van der Waals surface area contributed by atoms with Gasteiger partial charge in [0.25, 0.3) is 5.91 Å². The summed E-state index contributed by atoms with van der Waals surface area (Å²) in [4.78, 5) is 24.5. The summed E-state index contributed by atoms with van der Waals surface area (Å²) in [5.74, 6) is 0.493. The third kappa shape index (κ3) is 6.83. The fourth-order valence-electron chi connectivity index (χ4n) is 3.10. The maximum atomic E-state index is 12.4. The van der Waals surface area contributed by atoms with Crippen molar-refractivity contribution < 1.29 is 19.1 Å². The van der Waals surface area contributed by atoms with Gasteiger partial charge in [0, 0.05) is 22.7 Å². The molecule has 0 aliphatic rings. The Morgan fingerprint density at radius 2 is 1.67 bits per heavy atom. The highest BCUT2D eigenvalue weighted by molar-refractivity contribution is 9.10. The lowest BCUT2D eigenvalue weighted by molar-refractivity contribution is -0.134. The Balaban J connectivity index is 1.45. The van der Waals surface area contributed by atoms with Gasteiger partial charge in [-0.2, -0.15) is 0 Å². The van der Waals surface area contributed by atoms with Crippen molar-refractivity contribution in [3.8, 4) is 11.5 Å². The van der Waals surface area contributed by atoms with Crippen LogP contribution in [0.25, 0.3) is 0 Å². The summed E-state index contributed by atoms with van der Waals surface area (Å²) in [6, 6.07) is 15.9. The molecule has 0 unspecified atom stereocenters. The Labute approximate surface area is 207 Å². The summed E-state index contributed by atoms with van der Waals surface area (Å²) in [6.07, 6.45) is 0.710. The predicted octanol–water partition coefficient (Wildman–Crippen LogP) is 7.04. The van der Waals surface area contributed by atoms with E-state index < -0.39 is 0 Å². The van der Waals surface area contributed by atoms with Crippen LogP contribution in [0.5, 0.6) is 11.5 Å². The van der Waals surface area contributed by atoms with Crippen LogP contribution in [0.1, 0.15) is 39.9 Å². The largest absolute Gasteiger partial charge is 0.492 e. The first-order chi connectivity index (χ1) is 15.7. The Bertz CT molecular complexity index is 1140. The van der Waals surface area contributed by atoms with Crippen molar-refractivity contribution in [1.29, 1.82) is 0 Å². The molecule has 172 valence electrons. The number of nitrogens with one attached hydrogen (secondary N) is 1. The SMILES string of the molecule is Cc1ccc(NC(=O)c2ccc(OC(=O)CCCOc3cc(C)c(Cl)c(C)c3Br)cc2)cc1. The lowest BCUT2D eigenvalue weighted by atomic mass is 10.1. The second-order valence-corrected chi connectivity index (χ2v) is 8.89. The van der Waals surface area contributed by atoms with E-state index in [-0.39, 0.29) is 18.3 Å². The van der Waals surface area contributed by atoms with Crippen LogP contribution in [0.4, 0.5) is 5.69 Å². The van der Waals surface area contributed by atoms with Gasteiger partial charge in [-0.3, -0.25) is 9.59 Å². The summed E-state index contributed by atoms with van der Waals surface area (Å²) < 4.78 is 12.0. The van der Waals surface area contributed by atoms with E-state index in [1.54, 1.807) is 24.3 Å². The number of carbonyl (C=O) groups is 2. The summed E-state index contributed by atoms with van der Waals surface area (Å²) >= 11 is 9.73. The standard InChI is InChI=1S/C26H25BrClNO4/c1-16-6-10-20(11-7-16)29-26(31)19-8-12-21(13-9-19)33-23(30)5-4-14-32-22-15-17(2)25(28)18(3)24(22)27/h6-13,15H,4-5,14H2,1-3H3,(H,29,31). The molecule has 0 saturated heterocycles. The zero-order chi connectivity index (χ0) is 24.0. The van der Waals surface area contributed by atoms with Crippen LogP contribution in [0.2, 0.25) is 5.02 Å². The normalized spacial score (nSPS) is 10.6. The first-order valence-electron chi connectivity index (χ1n) is 10.5. The van der Waals surface area contributed by atoms with Crippen molar-refractivity contribution in [2.45, 2.75) is 33.6 Å². The van der Waals surface area contributed by atoms with Gasteiger partial charge in [-0.1, -0.05) is 29.3 Å². The number of aryl methyl sites for hydroxylation is 2. The number of ether oxygens (including phenoxy) is 2. The molecule has 0 aliphatic carbocycles. The lowest BCUT2D eigenvalue weighted by Crippen LogP contribution is -2.12. The Kier molecular flexibility index (Phi) is 8.53. The van der Waals surface area contributed by atoms with E-state index in [9.17, 15) is 9.59 Å². The highest BCUT2D eigenvalue weighted by Crippen LogP contribution is 2.35. The van der Waals surface area contributed by atoms with Gasteiger partial charge in [-0.15, -0.1) is 0 Å². The zero-order valence-corrected chi connectivity index (χ0v) is 21.0. The van der Waals surface area contributed by atoms with Crippen LogP contribution in [0, 0.1) is 20.8 Å². The highest BCUT2D eigenvalue weighted by Gasteiger charge is 2.12. The van der Waals surface area contributed by atoms with Crippen molar-refractivity contribution in [1.82, 2.24) is 0 Å². The minimum atomic E-state index is -0.363. The molecule has 0 aromatic heterocycles. The molecule has 0 radical (unpaired) electrons. The van der Waals surface area contributed by atoms with E-state index in [1.165, 1.54) is 0 Å². The zero-order valence-electron chi connectivity index (χ0n) is 18.7. The maximum absolute atomic E-state index is 12.4. The summed E-state index contributed by atoms with van der Waals surface area (Å²) in [5, 5.41) is 3.54. The van der Waals surface area contributed by atoms with E-state index in [2.05, 4.69) is 21.2 Å². The molecule has 3 rings (SSSR count). The second kappa shape index (κ2) is 11.3. The van der Waals surface area contributed by atoms with E-state index in [1.807, 2.05) is 51.1 Å². The molecule has 3 aromatic rings. The molecule has 7 heteroatoms. The molecule has 5 nitrogen and oxygen atoms in total. The van der Waals surface area contributed by atoms with Gasteiger partial charge in [0.2, 0.25) is 0 Å². The summed E-state index contributed by atoms with van der Waals surface area (Å²) in [7, 11) is 0. The van der Waals surface area contributed by atoms with E-state index in [0.717, 1.165) is 26.9 Å². The minimum Gasteiger partial charge on any atom is -0.492 e. The van der Waals surface area contributed by atoms with Gasteiger partial charge in [-0.05, 0) is 96.7 Å². The number of amides is 1. The fraction of sp³-hybridized carbons (Fsp3) is 0.231. The number of halogens is 2. The number of carbonyl (C=O) groups excluding carboxylic acids is 2. The van der Waals surface area contributed by atoms with Crippen molar-refractivity contribution in [3.63, 3.8) is 0 Å². The van der Waals surface area contributed by atoms with Crippen LogP contribution in [-0.4, -0.2) is 18.5 Å². The van der Waals surface area contributed by atoms with Gasteiger partial charge in [0.05, 0.1) is 11.1 Å². The third-order valence-corrected chi connectivity index (χ3v) is 6.58. The first-order valence-corrected chi connectivity index (χ1v) is 11.7. The smallest absolute Gasteiger partial charge is 0.311 e. The van der Waals surface area contributed by atoms with E-state index in [0.29, 0.717) is 35.1 Å².